The van der Waals surface area contributed by atoms with Gasteiger partial charge in [0.15, 0.2) is 5.84 Å². The molecule has 3 N–H and O–H groups in total. The minimum Gasteiger partial charge on any atom is -0.409 e. The zero-order chi connectivity index (χ0) is 12.8. The lowest BCUT2D eigenvalue weighted by molar-refractivity contribution is 0.207. The third-order valence-corrected chi connectivity index (χ3v) is 4.63. The first kappa shape index (κ1) is 13.7. The van der Waals surface area contributed by atoms with Gasteiger partial charge >= 0.3 is 0 Å². The molecule has 0 atom stereocenters. The van der Waals surface area contributed by atoms with Crippen LogP contribution < -0.4 is 5.73 Å². The molecule has 0 aliphatic heterocycles. The van der Waals surface area contributed by atoms with Gasteiger partial charge in [-0.25, -0.2) is 0 Å². The summed E-state index contributed by atoms with van der Waals surface area (Å²) in [5.74, 6) is 1.27. The van der Waals surface area contributed by atoms with E-state index in [-0.39, 0.29) is 0 Å². The van der Waals surface area contributed by atoms with Crippen LogP contribution in [0.2, 0.25) is 0 Å². The molecule has 0 amide bonds. The number of nitrogens with two attached hydrogens (primary N) is 1. The van der Waals surface area contributed by atoms with Crippen LogP contribution in [-0.2, 0) is 0 Å². The Balaban J connectivity index is 1.82. The van der Waals surface area contributed by atoms with E-state index in [0.717, 1.165) is 12.5 Å². The predicted octanol–water partition coefficient (Wildman–Crippen LogP) is 2.56. The van der Waals surface area contributed by atoms with E-state index in [0.29, 0.717) is 18.4 Å². The maximum atomic E-state index is 8.74. The summed E-state index contributed by atoms with van der Waals surface area (Å²) in [6.07, 6.45) is 12.1. The van der Waals surface area contributed by atoms with Gasteiger partial charge in [0.1, 0.15) is 0 Å². The fourth-order valence-corrected chi connectivity index (χ4v) is 3.55. The molecular formula is C14H27N3O. The summed E-state index contributed by atoms with van der Waals surface area (Å²) in [6.45, 7) is 1.75. The molecule has 2 saturated carbocycles. The molecule has 0 saturated heterocycles. The van der Waals surface area contributed by atoms with Crippen LogP contribution in [0.5, 0.6) is 0 Å². The maximum absolute atomic E-state index is 8.74. The first-order valence-corrected chi connectivity index (χ1v) is 7.50. The lowest BCUT2D eigenvalue weighted by Crippen LogP contribution is -2.41. The van der Waals surface area contributed by atoms with Gasteiger partial charge in [0.05, 0.1) is 6.54 Å². The molecule has 18 heavy (non-hydrogen) atoms. The van der Waals surface area contributed by atoms with Crippen molar-refractivity contribution in [2.75, 3.05) is 13.1 Å². The van der Waals surface area contributed by atoms with Gasteiger partial charge in [0.25, 0.3) is 0 Å². The van der Waals surface area contributed by atoms with Crippen LogP contribution in [0.25, 0.3) is 0 Å². The second kappa shape index (κ2) is 6.98. The van der Waals surface area contributed by atoms with Crippen molar-refractivity contribution in [3.63, 3.8) is 0 Å². The third-order valence-electron chi connectivity index (χ3n) is 4.63. The maximum Gasteiger partial charge on any atom is 0.153 e. The summed E-state index contributed by atoms with van der Waals surface area (Å²) in [4.78, 5) is 2.44. The summed E-state index contributed by atoms with van der Waals surface area (Å²) in [7, 11) is 0. The normalized spacial score (nSPS) is 23.3. The van der Waals surface area contributed by atoms with E-state index in [9.17, 15) is 0 Å². The van der Waals surface area contributed by atoms with Crippen LogP contribution in [0, 0.1) is 5.92 Å². The Morgan fingerprint density at radius 1 is 1.11 bits per heavy atom. The molecule has 4 nitrogen and oxygen atoms in total. The first-order chi connectivity index (χ1) is 8.79. The largest absolute Gasteiger partial charge is 0.409 e. The van der Waals surface area contributed by atoms with Crippen LogP contribution in [0.15, 0.2) is 5.16 Å². The Morgan fingerprint density at radius 3 is 2.33 bits per heavy atom. The highest BCUT2D eigenvalue weighted by molar-refractivity contribution is 5.81. The number of nitrogens with zero attached hydrogens (tertiary/aromatic N) is 2. The van der Waals surface area contributed by atoms with Gasteiger partial charge in [-0.1, -0.05) is 43.7 Å². The van der Waals surface area contributed by atoms with Crippen LogP contribution in [0.3, 0.4) is 0 Å². The molecule has 0 aromatic carbocycles. The fourth-order valence-electron chi connectivity index (χ4n) is 3.55. The number of amidine groups is 1. The standard InChI is InChI=1S/C14H27N3O/c15-14(16-18)11-17(13-7-3-4-8-13)10-9-12-5-1-2-6-12/h12-13,18H,1-11H2,(H2,15,16). The average molecular weight is 253 g/mol. The highest BCUT2D eigenvalue weighted by atomic mass is 16.4. The van der Waals surface area contributed by atoms with E-state index < -0.39 is 0 Å². The van der Waals surface area contributed by atoms with E-state index in [1.807, 2.05) is 0 Å². The highest BCUT2D eigenvalue weighted by Gasteiger charge is 2.24. The number of hydrogen-bond acceptors (Lipinski definition) is 3. The average Bonchev–Trinajstić information content (AvgIpc) is 3.06. The molecule has 2 aliphatic rings. The molecule has 2 fully saturated rings. The predicted molar refractivity (Wildman–Crippen MR) is 73.8 cm³/mol. The molecule has 0 unspecified atom stereocenters. The SMILES string of the molecule is NC(CN(CCC1CCCC1)C1CCCC1)=NO. The van der Waals surface area contributed by atoms with Crippen LogP contribution in [0.1, 0.15) is 57.8 Å². The molecule has 0 spiro atoms. The van der Waals surface area contributed by atoms with Gasteiger partial charge in [0, 0.05) is 6.04 Å². The molecule has 2 rings (SSSR count). The first-order valence-electron chi connectivity index (χ1n) is 7.50. The van der Waals surface area contributed by atoms with Crippen molar-refractivity contribution >= 4 is 5.84 Å². The molecule has 0 heterocycles. The number of oxime groups is 1. The molecule has 2 aliphatic carbocycles. The third kappa shape index (κ3) is 3.87. The van der Waals surface area contributed by atoms with Gasteiger partial charge < -0.3 is 10.9 Å². The Hall–Kier alpha value is -0.770. The van der Waals surface area contributed by atoms with Gasteiger partial charge in [-0.3, -0.25) is 4.90 Å². The Bertz CT molecular complexity index is 268. The molecule has 4 heteroatoms. The van der Waals surface area contributed by atoms with Crippen molar-refractivity contribution in [3.05, 3.63) is 0 Å². The van der Waals surface area contributed by atoms with Crippen molar-refractivity contribution in [1.82, 2.24) is 4.90 Å². The van der Waals surface area contributed by atoms with Gasteiger partial charge in [-0.05, 0) is 31.7 Å². The second-order valence-electron chi connectivity index (χ2n) is 5.94. The number of rotatable bonds is 6. The van der Waals surface area contributed by atoms with E-state index in [1.54, 1.807) is 0 Å². The van der Waals surface area contributed by atoms with Crippen molar-refractivity contribution in [3.8, 4) is 0 Å². The van der Waals surface area contributed by atoms with Crippen LogP contribution >= 0.6 is 0 Å². The van der Waals surface area contributed by atoms with E-state index in [4.69, 9.17) is 10.9 Å². The van der Waals surface area contributed by atoms with E-state index >= 15 is 0 Å². The minimum atomic E-state index is 0.355. The summed E-state index contributed by atoms with van der Waals surface area (Å²) in [5.41, 5.74) is 5.68. The van der Waals surface area contributed by atoms with Gasteiger partial charge in [-0.15, -0.1) is 0 Å². The summed E-state index contributed by atoms with van der Waals surface area (Å²) in [5, 5.41) is 11.9. The van der Waals surface area contributed by atoms with E-state index in [1.165, 1.54) is 57.8 Å². The minimum absolute atomic E-state index is 0.355. The van der Waals surface area contributed by atoms with Gasteiger partial charge in [0.2, 0.25) is 0 Å². The quantitative estimate of drug-likeness (QED) is 0.331. The van der Waals surface area contributed by atoms with Crippen molar-refractivity contribution in [2.45, 2.75) is 63.8 Å². The Labute approximate surface area is 110 Å². The molecule has 0 aromatic rings. The van der Waals surface area contributed by atoms with E-state index in [2.05, 4.69) is 10.1 Å². The van der Waals surface area contributed by atoms with Gasteiger partial charge in [-0.2, -0.15) is 0 Å². The second-order valence-corrected chi connectivity index (χ2v) is 5.94. The van der Waals surface area contributed by atoms with Crippen molar-refractivity contribution in [2.24, 2.45) is 16.8 Å². The Morgan fingerprint density at radius 2 is 1.72 bits per heavy atom. The summed E-state index contributed by atoms with van der Waals surface area (Å²) < 4.78 is 0. The summed E-state index contributed by atoms with van der Waals surface area (Å²) >= 11 is 0. The summed E-state index contributed by atoms with van der Waals surface area (Å²) in [6, 6.07) is 0.659. The lowest BCUT2D eigenvalue weighted by Gasteiger charge is -2.29. The molecule has 0 aromatic heterocycles. The molecular weight excluding hydrogens is 226 g/mol. The van der Waals surface area contributed by atoms with Crippen LogP contribution in [0.4, 0.5) is 0 Å². The van der Waals surface area contributed by atoms with Crippen molar-refractivity contribution in [1.29, 1.82) is 0 Å². The molecule has 0 radical (unpaired) electrons. The topological polar surface area (TPSA) is 61.8 Å². The highest BCUT2D eigenvalue weighted by Crippen LogP contribution is 2.29. The fraction of sp³-hybridized carbons (Fsp3) is 0.929. The number of hydrogen-bond donors (Lipinski definition) is 2. The zero-order valence-corrected chi connectivity index (χ0v) is 11.4. The van der Waals surface area contributed by atoms with Crippen molar-refractivity contribution < 1.29 is 5.21 Å². The Kier molecular flexibility index (Phi) is 5.29. The monoisotopic (exact) mass is 253 g/mol. The lowest BCUT2D eigenvalue weighted by atomic mass is 10.0. The smallest absolute Gasteiger partial charge is 0.153 e. The molecule has 0 bridgehead atoms. The zero-order valence-electron chi connectivity index (χ0n) is 11.4. The van der Waals surface area contributed by atoms with Crippen LogP contribution in [-0.4, -0.2) is 35.1 Å². The molecule has 104 valence electrons.